The molecule has 1 aromatic rings. The van der Waals surface area contributed by atoms with Crippen LogP contribution < -0.4 is 5.32 Å². The zero-order valence-corrected chi connectivity index (χ0v) is 17.6. The zero-order chi connectivity index (χ0) is 21.7. The molecule has 2 heterocycles. The fourth-order valence-electron chi connectivity index (χ4n) is 3.64. The van der Waals surface area contributed by atoms with Gasteiger partial charge in [0.2, 0.25) is 11.9 Å². The zero-order valence-electron chi connectivity index (χ0n) is 17.6. The molecule has 1 saturated heterocycles. The van der Waals surface area contributed by atoms with E-state index in [9.17, 15) is 14.4 Å². The van der Waals surface area contributed by atoms with E-state index >= 15 is 0 Å². The molecule has 162 valence electrons. The van der Waals surface area contributed by atoms with Gasteiger partial charge in [0.25, 0.3) is 0 Å². The molecule has 1 N–H and O–H groups in total. The number of aliphatic imine (C=N–C) groups is 1. The topological polar surface area (TPSA) is 101 Å². The number of ether oxygens (including phenoxy) is 2. The number of rotatable bonds is 4. The standard InChI is InChI=1S/C21H28N4O5/c1-4-29-19(27)16-17(15-8-6-7-14(3)13-15)22-20(23-18(16)26)24-9-11-25(12-10-24)21(28)30-5-2/h6-8,13,16-17H,4-5,9-12H2,1-3H3,(H,22,23,26)/t16-,17-/m0/s1. The van der Waals surface area contributed by atoms with Gasteiger partial charge in [-0.25, -0.2) is 9.79 Å². The van der Waals surface area contributed by atoms with Gasteiger partial charge in [-0.05, 0) is 26.3 Å². The summed E-state index contributed by atoms with van der Waals surface area (Å²) in [7, 11) is 0. The van der Waals surface area contributed by atoms with E-state index in [1.807, 2.05) is 36.1 Å². The average molecular weight is 416 g/mol. The molecule has 1 fully saturated rings. The summed E-state index contributed by atoms with van der Waals surface area (Å²) >= 11 is 0. The number of nitrogens with one attached hydrogen (secondary N) is 1. The highest BCUT2D eigenvalue weighted by atomic mass is 16.6. The first-order valence-corrected chi connectivity index (χ1v) is 10.2. The highest BCUT2D eigenvalue weighted by Gasteiger charge is 2.42. The number of amides is 2. The fraction of sp³-hybridized carbons (Fsp3) is 0.524. The first-order valence-electron chi connectivity index (χ1n) is 10.2. The van der Waals surface area contributed by atoms with Crippen LogP contribution in [0.3, 0.4) is 0 Å². The number of nitrogens with zero attached hydrogens (tertiary/aromatic N) is 3. The molecule has 9 heteroatoms. The van der Waals surface area contributed by atoms with Gasteiger partial charge in [-0.15, -0.1) is 0 Å². The lowest BCUT2D eigenvalue weighted by atomic mass is 9.90. The number of hydrogen-bond acceptors (Lipinski definition) is 7. The molecule has 30 heavy (non-hydrogen) atoms. The summed E-state index contributed by atoms with van der Waals surface area (Å²) in [4.78, 5) is 45.6. The molecule has 2 atom stereocenters. The summed E-state index contributed by atoms with van der Waals surface area (Å²) in [6.45, 7) is 7.87. The van der Waals surface area contributed by atoms with Gasteiger partial charge in [-0.3, -0.25) is 14.9 Å². The van der Waals surface area contributed by atoms with E-state index in [1.165, 1.54) is 0 Å². The molecule has 0 bridgehead atoms. The molecule has 0 aromatic heterocycles. The third-order valence-electron chi connectivity index (χ3n) is 5.12. The Balaban J connectivity index is 1.83. The lowest BCUT2D eigenvalue weighted by Gasteiger charge is -2.38. The summed E-state index contributed by atoms with van der Waals surface area (Å²) in [6.07, 6.45) is -0.341. The SMILES string of the molecule is CCOC(=O)[C@@H]1C(=O)NC(N2CCN(C(=O)OCC)CC2)=N[C@H]1c1cccc(C)c1. The van der Waals surface area contributed by atoms with Crippen molar-refractivity contribution in [3.63, 3.8) is 0 Å². The minimum atomic E-state index is -1.05. The minimum absolute atomic E-state index is 0.190. The number of piperazine rings is 1. The van der Waals surface area contributed by atoms with Gasteiger partial charge in [0.05, 0.1) is 13.2 Å². The molecule has 0 radical (unpaired) electrons. The summed E-state index contributed by atoms with van der Waals surface area (Å²) in [5.74, 6) is -1.65. The van der Waals surface area contributed by atoms with Crippen molar-refractivity contribution in [2.75, 3.05) is 39.4 Å². The van der Waals surface area contributed by atoms with Gasteiger partial charge in [-0.1, -0.05) is 29.8 Å². The van der Waals surface area contributed by atoms with E-state index in [-0.39, 0.29) is 12.7 Å². The van der Waals surface area contributed by atoms with Crippen LogP contribution in [0.25, 0.3) is 0 Å². The van der Waals surface area contributed by atoms with Crippen LogP contribution in [0.4, 0.5) is 4.79 Å². The first-order chi connectivity index (χ1) is 14.4. The molecule has 0 aliphatic carbocycles. The molecule has 0 spiro atoms. The molecule has 3 rings (SSSR count). The van der Waals surface area contributed by atoms with Crippen LogP contribution in [0.2, 0.25) is 0 Å². The second-order valence-electron chi connectivity index (χ2n) is 7.20. The van der Waals surface area contributed by atoms with E-state index in [2.05, 4.69) is 5.32 Å². The Bertz CT molecular complexity index is 832. The number of aryl methyl sites for hydroxylation is 1. The van der Waals surface area contributed by atoms with Gasteiger partial charge in [-0.2, -0.15) is 0 Å². The van der Waals surface area contributed by atoms with Gasteiger partial charge < -0.3 is 19.3 Å². The van der Waals surface area contributed by atoms with Crippen LogP contribution in [-0.4, -0.2) is 73.1 Å². The van der Waals surface area contributed by atoms with Crippen LogP contribution in [0.5, 0.6) is 0 Å². The van der Waals surface area contributed by atoms with Crippen LogP contribution in [-0.2, 0) is 19.1 Å². The van der Waals surface area contributed by atoms with Gasteiger partial charge in [0.1, 0.15) is 6.04 Å². The largest absolute Gasteiger partial charge is 0.465 e. The van der Waals surface area contributed by atoms with Crippen molar-refractivity contribution in [1.82, 2.24) is 15.1 Å². The van der Waals surface area contributed by atoms with Crippen molar-refractivity contribution < 1.29 is 23.9 Å². The predicted molar refractivity (Wildman–Crippen MR) is 110 cm³/mol. The Morgan fingerprint density at radius 2 is 1.83 bits per heavy atom. The fourth-order valence-corrected chi connectivity index (χ4v) is 3.64. The van der Waals surface area contributed by atoms with Crippen LogP contribution in [0, 0.1) is 12.8 Å². The molecule has 2 aliphatic rings. The normalized spacial score (nSPS) is 21.6. The maximum atomic E-state index is 12.9. The first kappa shape index (κ1) is 21.6. The Morgan fingerprint density at radius 1 is 1.13 bits per heavy atom. The molecule has 0 saturated carbocycles. The Hall–Kier alpha value is -3.10. The van der Waals surface area contributed by atoms with Crippen molar-refractivity contribution in [3.8, 4) is 0 Å². The van der Waals surface area contributed by atoms with E-state index in [4.69, 9.17) is 14.5 Å². The van der Waals surface area contributed by atoms with Crippen molar-refractivity contribution in [3.05, 3.63) is 35.4 Å². The molecule has 1 aromatic carbocycles. The maximum Gasteiger partial charge on any atom is 0.409 e. The predicted octanol–water partition coefficient (Wildman–Crippen LogP) is 1.48. The number of carbonyl (C=O) groups is 3. The van der Waals surface area contributed by atoms with Crippen molar-refractivity contribution in [2.45, 2.75) is 26.8 Å². The molecular formula is C21H28N4O5. The van der Waals surface area contributed by atoms with Gasteiger partial charge >= 0.3 is 12.1 Å². The van der Waals surface area contributed by atoms with Gasteiger partial charge in [0.15, 0.2) is 5.92 Å². The van der Waals surface area contributed by atoms with Crippen LogP contribution >= 0.6 is 0 Å². The monoisotopic (exact) mass is 416 g/mol. The second kappa shape index (κ2) is 9.60. The quantitative estimate of drug-likeness (QED) is 0.589. The Labute approximate surface area is 176 Å². The summed E-state index contributed by atoms with van der Waals surface area (Å²) in [6, 6.07) is 6.95. The maximum absolute atomic E-state index is 12.9. The summed E-state index contributed by atoms with van der Waals surface area (Å²) in [5, 5.41) is 2.76. The summed E-state index contributed by atoms with van der Waals surface area (Å²) in [5.41, 5.74) is 1.80. The van der Waals surface area contributed by atoms with Crippen LogP contribution in [0.1, 0.15) is 31.0 Å². The number of carbonyl (C=O) groups excluding carboxylic acids is 3. The highest BCUT2D eigenvalue weighted by Crippen LogP contribution is 2.31. The number of esters is 1. The van der Waals surface area contributed by atoms with Gasteiger partial charge in [0, 0.05) is 26.2 Å². The van der Waals surface area contributed by atoms with E-state index in [0.717, 1.165) is 11.1 Å². The number of guanidine groups is 1. The molecule has 2 amide bonds. The number of benzene rings is 1. The Kier molecular flexibility index (Phi) is 6.91. The minimum Gasteiger partial charge on any atom is -0.465 e. The lowest BCUT2D eigenvalue weighted by Crippen LogP contribution is -2.58. The summed E-state index contributed by atoms with van der Waals surface area (Å²) < 4.78 is 10.2. The highest BCUT2D eigenvalue weighted by molar-refractivity contribution is 6.08. The smallest absolute Gasteiger partial charge is 0.409 e. The molecular weight excluding hydrogens is 388 g/mol. The van der Waals surface area contributed by atoms with E-state index in [0.29, 0.717) is 38.7 Å². The number of hydrogen-bond donors (Lipinski definition) is 1. The van der Waals surface area contributed by atoms with Crippen molar-refractivity contribution >= 4 is 23.9 Å². The molecule has 2 aliphatic heterocycles. The van der Waals surface area contributed by atoms with E-state index in [1.54, 1.807) is 18.7 Å². The average Bonchev–Trinajstić information content (AvgIpc) is 2.73. The van der Waals surface area contributed by atoms with E-state index < -0.39 is 23.8 Å². The van der Waals surface area contributed by atoms with Crippen molar-refractivity contribution in [1.29, 1.82) is 0 Å². The second-order valence-corrected chi connectivity index (χ2v) is 7.20. The Morgan fingerprint density at radius 3 is 2.47 bits per heavy atom. The van der Waals surface area contributed by atoms with Crippen LogP contribution in [0.15, 0.2) is 29.3 Å². The van der Waals surface area contributed by atoms with Crippen molar-refractivity contribution in [2.24, 2.45) is 10.9 Å². The third-order valence-corrected chi connectivity index (χ3v) is 5.12. The third kappa shape index (κ3) is 4.72. The molecule has 0 unspecified atom stereocenters. The molecule has 9 nitrogen and oxygen atoms in total. The lowest BCUT2D eigenvalue weighted by molar-refractivity contribution is -0.153.